The van der Waals surface area contributed by atoms with Crippen molar-refractivity contribution in [3.63, 3.8) is 0 Å². The number of hydrogen-bond acceptors (Lipinski definition) is 4. The largest absolute Gasteiger partial charge is 0.481 e. The van der Waals surface area contributed by atoms with E-state index in [2.05, 4.69) is 0 Å². The highest BCUT2D eigenvalue weighted by atomic mass is 16.6. The molecular weight excluding hydrogens is 308 g/mol. The van der Waals surface area contributed by atoms with E-state index in [1.807, 2.05) is 41.5 Å². The molecule has 1 aliphatic rings. The molecule has 5 heteroatoms. The summed E-state index contributed by atoms with van der Waals surface area (Å²) in [7, 11) is 0. The van der Waals surface area contributed by atoms with E-state index in [1.54, 1.807) is 0 Å². The van der Waals surface area contributed by atoms with Crippen LogP contribution in [0, 0.1) is 29.6 Å². The number of aliphatic carboxylic acids is 1. The maximum atomic E-state index is 12.9. The Hall–Kier alpha value is -1.10. The summed E-state index contributed by atoms with van der Waals surface area (Å²) in [5, 5.41) is 9.75. The van der Waals surface area contributed by atoms with Gasteiger partial charge in [0.1, 0.15) is 5.60 Å². The first-order valence-corrected chi connectivity index (χ1v) is 9.06. The summed E-state index contributed by atoms with van der Waals surface area (Å²) < 4.78 is 11.0. The molecule has 3 unspecified atom stereocenters. The standard InChI is InChI=1S/C19H34O5/c1-12(2)11-15(17(20)21)16(18(22)24-19(4,5)6)13(3)14-7-9-23-10-8-14/h12-16H,7-11H2,1-6H3,(H,20,21). The number of ether oxygens (including phenoxy) is 2. The summed E-state index contributed by atoms with van der Waals surface area (Å²) in [6.07, 6.45) is 2.22. The quantitative estimate of drug-likeness (QED) is 0.713. The molecule has 0 amide bonds. The molecule has 0 aromatic rings. The third-order valence-corrected chi connectivity index (χ3v) is 4.73. The molecule has 0 saturated carbocycles. The second-order valence-corrected chi connectivity index (χ2v) is 8.44. The van der Waals surface area contributed by atoms with Gasteiger partial charge in [-0.25, -0.2) is 0 Å². The van der Waals surface area contributed by atoms with Crippen LogP contribution in [-0.2, 0) is 19.1 Å². The van der Waals surface area contributed by atoms with Crippen molar-refractivity contribution in [3.05, 3.63) is 0 Å². The Bertz CT molecular complexity index is 418. The van der Waals surface area contributed by atoms with Gasteiger partial charge in [-0.3, -0.25) is 9.59 Å². The van der Waals surface area contributed by atoms with Gasteiger partial charge in [0.2, 0.25) is 0 Å². The first-order valence-electron chi connectivity index (χ1n) is 9.06. The number of carbonyl (C=O) groups is 2. The van der Waals surface area contributed by atoms with Gasteiger partial charge in [0.25, 0.3) is 0 Å². The average molecular weight is 342 g/mol. The van der Waals surface area contributed by atoms with Crippen molar-refractivity contribution in [2.45, 2.75) is 66.4 Å². The fourth-order valence-corrected chi connectivity index (χ4v) is 3.56. The van der Waals surface area contributed by atoms with Crippen LogP contribution in [0.15, 0.2) is 0 Å². The van der Waals surface area contributed by atoms with Crippen LogP contribution in [0.4, 0.5) is 0 Å². The molecule has 0 aromatic carbocycles. The Morgan fingerprint density at radius 1 is 1.17 bits per heavy atom. The average Bonchev–Trinajstić information content (AvgIpc) is 2.44. The molecule has 24 heavy (non-hydrogen) atoms. The zero-order valence-corrected chi connectivity index (χ0v) is 16.0. The number of rotatable bonds is 7. The van der Waals surface area contributed by atoms with Crippen molar-refractivity contribution < 1.29 is 24.2 Å². The molecule has 140 valence electrons. The monoisotopic (exact) mass is 342 g/mol. The van der Waals surface area contributed by atoms with Gasteiger partial charge in [0.15, 0.2) is 0 Å². The molecule has 5 nitrogen and oxygen atoms in total. The summed E-state index contributed by atoms with van der Waals surface area (Å²) in [4.78, 5) is 24.8. The van der Waals surface area contributed by atoms with Crippen LogP contribution in [0.25, 0.3) is 0 Å². The lowest BCUT2D eigenvalue weighted by molar-refractivity contribution is -0.171. The van der Waals surface area contributed by atoms with Gasteiger partial charge < -0.3 is 14.6 Å². The first kappa shape index (κ1) is 20.9. The minimum atomic E-state index is -0.904. The Labute approximate surface area is 146 Å². The third kappa shape index (κ3) is 6.42. The van der Waals surface area contributed by atoms with Crippen LogP contribution in [0.1, 0.15) is 60.8 Å². The Morgan fingerprint density at radius 2 is 1.71 bits per heavy atom. The van der Waals surface area contributed by atoms with Crippen molar-refractivity contribution >= 4 is 11.9 Å². The summed E-state index contributed by atoms with van der Waals surface area (Å²) >= 11 is 0. The number of carboxylic acid groups (broad SMARTS) is 1. The van der Waals surface area contributed by atoms with E-state index in [1.165, 1.54) is 0 Å². The topological polar surface area (TPSA) is 72.8 Å². The smallest absolute Gasteiger partial charge is 0.310 e. The van der Waals surface area contributed by atoms with E-state index >= 15 is 0 Å². The van der Waals surface area contributed by atoms with Gasteiger partial charge in [-0.1, -0.05) is 20.8 Å². The number of carbonyl (C=O) groups excluding carboxylic acids is 1. The highest BCUT2D eigenvalue weighted by Gasteiger charge is 2.43. The van der Waals surface area contributed by atoms with Crippen molar-refractivity contribution in [2.24, 2.45) is 29.6 Å². The summed E-state index contributed by atoms with van der Waals surface area (Å²) in [6.45, 7) is 12.8. The lowest BCUT2D eigenvalue weighted by atomic mass is 9.71. The fourth-order valence-electron chi connectivity index (χ4n) is 3.56. The van der Waals surface area contributed by atoms with Crippen LogP contribution < -0.4 is 0 Å². The van der Waals surface area contributed by atoms with Gasteiger partial charge in [0.05, 0.1) is 11.8 Å². The summed E-state index contributed by atoms with van der Waals surface area (Å²) in [6, 6.07) is 0. The third-order valence-electron chi connectivity index (χ3n) is 4.73. The molecule has 0 aromatic heterocycles. The number of hydrogen-bond donors (Lipinski definition) is 1. The maximum absolute atomic E-state index is 12.9. The second-order valence-electron chi connectivity index (χ2n) is 8.44. The van der Waals surface area contributed by atoms with Gasteiger partial charge in [-0.05, 0) is 57.8 Å². The number of carboxylic acids is 1. The molecular formula is C19H34O5. The normalized spacial score (nSPS) is 20.5. The van der Waals surface area contributed by atoms with Gasteiger partial charge in [-0.2, -0.15) is 0 Å². The van der Waals surface area contributed by atoms with E-state index in [9.17, 15) is 14.7 Å². The molecule has 3 atom stereocenters. The highest BCUT2D eigenvalue weighted by molar-refractivity contribution is 5.81. The first-order chi connectivity index (χ1) is 11.0. The maximum Gasteiger partial charge on any atom is 0.310 e. The summed E-state index contributed by atoms with van der Waals surface area (Å²) in [5.41, 5.74) is -0.619. The molecule has 0 bridgehead atoms. The zero-order valence-electron chi connectivity index (χ0n) is 16.0. The minimum Gasteiger partial charge on any atom is -0.481 e. The molecule has 0 aliphatic carbocycles. The predicted molar refractivity (Wildman–Crippen MR) is 92.6 cm³/mol. The lowest BCUT2D eigenvalue weighted by Gasteiger charge is -2.36. The number of esters is 1. The highest BCUT2D eigenvalue weighted by Crippen LogP contribution is 2.37. The van der Waals surface area contributed by atoms with Crippen LogP contribution in [0.3, 0.4) is 0 Å². The van der Waals surface area contributed by atoms with E-state index in [0.717, 1.165) is 12.8 Å². The van der Waals surface area contributed by atoms with Crippen LogP contribution in [0.5, 0.6) is 0 Å². The predicted octanol–water partition coefficient (Wildman–Crippen LogP) is 3.75. The van der Waals surface area contributed by atoms with Crippen LogP contribution in [-0.4, -0.2) is 35.9 Å². The van der Waals surface area contributed by atoms with Crippen LogP contribution >= 0.6 is 0 Å². The van der Waals surface area contributed by atoms with Crippen molar-refractivity contribution in [1.82, 2.24) is 0 Å². The zero-order chi connectivity index (χ0) is 18.5. The minimum absolute atomic E-state index is 0.0383. The Morgan fingerprint density at radius 3 is 2.12 bits per heavy atom. The van der Waals surface area contributed by atoms with E-state index < -0.39 is 23.4 Å². The van der Waals surface area contributed by atoms with E-state index in [-0.39, 0.29) is 17.8 Å². The molecule has 0 radical (unpaired) electrons. The lowest BCUT2D eigenvalue weighted by Crippen LogP contribution is -2.42. The Kier molecular flexibility index (Phi) is 7.71. The van der Waals surface area contributed by atoms with Gasteiger partial charge >= 0.3 is 11.9 Å². The van der Waals surface area contributed by atoms with Crippen molar-refractivity contribution in [3.8, 4) is 0 Å². The molecule has 1 N–H and O–H groups in total. The molecule has 1 saturated heterocycles. The SMILES string of the molecule is CC(C)CC(C(=O)O)C(C(=O)OC(C)(C)C)C(C)C1CCOCC1. The van der Waals surface area contributed by atoms with Gasteiger partial charge in [0, 0.05) is 13.2 Å². The van der Waals surface area contributed by atoms with Crippen molar-refractivity contribution in [2.75, 3.05) is 13.2 Å². The van der Waals surface area contributed by atoms with Gasteiger partial charge in [-0.15, -0.1) is 0 Å². The molecule has 0 spiro atoms. The molecule has 1 rings (SSSR count). The molecule has 1 fully saturated rings. The Balaban J connectivity index is 3.07. The summed E-state index contributed by atoms with van der Waals surface area (Å²) in [5.74, 6) is -2.15. The molecule has 1 heterocycles. The van der Waals surface area contributed by atoms with E-state index in [0.29, 0.717) is 25.6 Å². The van der Waals surface area contributed by atoms with E-state index in [4.69, 9.17) is 9.47 Å². The molecule has 1 aliphatic heterocycles. The fraction of sp³-hybridized carbons (Fsp3) is 0.895. The second kappa shape index (κ2) is 8.84. The van der Waals surface area contributed by atoms with Crippen molar-refractivity contribution in [1.29, 1.82) is 0 Å². The van der Waals surface area contributed by atoms with Crippen LogP contribution in [0.2, 0.25) is 0 Å².